The van der Waals surface area contributed by atoms with Gasteiger partial charge in [-0.1, -0.05) is 47.7 Å². The number of rotatable bonds is 6. The third kappa shape index (κ3) is 4.75. The molecule has 3 N–H and O–H groups in total. The lowest BCUT2D eigenvalue weighted by Crippen LogP contribution is -2.28. The molecule has 1 aromatic heterocycles. The van der Waals surface area contributed by atoms with Crippen molar-refractivity contribution in [1.82, 2.24) is 19.3 Å². The summed E-state index contributed by atoms with van der Waals surface area (Å²) in [6, 6.07) is 17.4. The van der Waals surface area contributed by atoms with Gasteiger partial charge >= 0.3 is 5.97 Å². The molecule has 1 aliphatic rings. The minimum Gasteiger partial charge on any atom is -0.481 e. The van der Waals surface area contributed by atoms with Gasteiger partial charge in [-0.05, 0) is 72.2 Å². The topological polar surface area (TPSA) is 112 Å². The molecule has 1 aliphatic heterocycles. The van der Waals surface area contributed by atoms with Crippen LogP contribution in [0.3, 0.4) is 0 Å². The fraction of sp³-hybridized carbons (Fsp3) is 0.321. The van der Waals surface area contributed by atoms with E-state index in [1.165, 1.54) is 0 Å². The summed E-state index contributed by atoms with van der Waals surface area (Å²) in [6.45, 7) is 4.87. The van der Waals surface area contributed by atoms with E-state index in [1.807, 2.05) is 69.4 Å². The average molecular weight is 521 g/mol. The molecule has 0 saturated heterocycles. The number of aliphatic carboxylic acids is 1. The Morgan fingerprint density at radius 2 is 1.89 bits per heavy atom. The minimum atomic E-state index is -3.15. The predicted molar refractivity (Wildman–Crippen MR) is 145 cm³/mol. The largest absolute Gasteiger partial charge is 0.481 e. The van der Waals surface area contributed by atoms with Crippen molar-refractivity contribution in [3.05, 3.63) is 88.0 Å². The molecule has 0 saturated carbocycles. The van der Waals surface area contributed by atoms with Gasteiger partial charge < -0.3 is 5.11 Å². The first-order valence-electron chi connectivity index (χ1n) is 12.4. The van der Waals surface area contributed by atoms with E-state index in [1.54, 1.807) is 15.1 Å². The molecule has 0 aliphatic carbocycles. The maximum atomic E-state index is 11.9. The summed E-state index contributed by atoms with van der Waals surface area (Å²) in [7, 11) is -1.31. The first-order chi connectivity index (χ1) is 17.7. The lowest BCUT2D eigenvalue weighted by molar-refractivity contribution is -0.137. The standard InChI is InChI=1S/C28H32N4O4S/c1-18-10-11-21(24(16-27(33)34)23-12-13-25-28(19(23)2)29-30-31(25)3)15-22(18)17-32-14-6-8-20-7-4-5-9-26(20)37(32,35)36/h4-5,7,9-13,15,24,35-36H,6,8,14,16-17H2,1-3H3,(H,33,34). The highest BCUT2D eigenvalue weighted by Gasteiger charge is 2.31. The molecule has 9 heteroatoms. The molecule has 0 fully saturated rings. The Kier molecular flexibility index (Phi) is 6.80. The van der Waals surface area contributed by atoms with Crippen LogP contribution in [0.1, 0.15) is 52.1 Å². The van der Waals surface area contributed by atoms with E-state index >= 15 is 0 Å². The molecule has 0 spiro atoms. The van der Waals surface area contributed by atoms with Crippen molar-refractivity contribution in [1.29, 1.82) is 0 Å². The molecule has 37 heavy (non-hydrogen) atoms. The summed E-state index contributed by atoms with van der Waals surface area (Å²) >= 11 is 0. The van der Waals surface area contributed by atoms with Gasteiger partial charge in [0.05, 0.1) is 16.8 Å². The first kappa shape index (κ1) is 25.4. The molecule has 194 valence electrons. The van der Waals surface area contributed by atoms with Crippen molar-refractivity contribution in [3.8, 4) is 0 Å². The maximum absolute atomic E-state index is 11.9. The van der Waals surface area contributed by atoms with Crippen molar-refractivity contribution in [2.24, 2.45) is 7.05 Å². The number of benzene rings is 3. The monoisotopic (exact) mass is 520 g/mol. The summed E-state index contributed by atoms with van der Waals surface area (Å²) in [5.74, 6) is -1.27. The van der Waals surface area contributed by atoms with Gasteiger partial charge in [0.15, 0.2) is 0 Å². The zero-order valence-corrected chi connectivity index (χ0v) is 22.1. The van der Waals surface area contributed by atoms with Crippen LogP contribution >= 0.6 is 10.8 Å². The molecule has 4 aromatic rings. The summed E-state index contributed by atoms with van der Waals surface area (Å²) in [6.07, 6.45) is 1.55. The zero-order chi connectivity index (χ0) is 26.3. The van der Waals surface area contributed by atoms with Gasteiger partial charge in [-0.15, -0.1) is 15.9 Å². The van der Waals surface area contributed by atoms with Gasteiger partial charge in [0, 0.05) is 26.1 Å². The van der Waals surface area contributed by atoms with E-state index in [-0.39, 0.29) is 12.3 Å². The molecule has 5 rings (SSSR count). The van der Waals surface area contributed by atoms with E-state index in [4.69, 9.17) is 0 Å². The summed E-state index contributed by atoms with van der Waals surface area (Å²) in [5, 5.41) is 18.2. The van der Waals surface area contributed by atoms with Crippen LogP contribution < -0.4 is 0 Å². The number of aromatic nitrogens is 3. The van der Waals surface area contributed by atoms with Crippen LogP contribution in [0.5, 0.6) is 0 Å². The third-order valence-electron chi connectivity index (χ3n) is 7.44. The van der Waals surface area contributed by atoms with Gasteiger partial charge in [0.25, 0.3) is 0 Å². The van der Waals surface area contributed by atoms with Gasteiger partial charge in [0.1, 0.15) is 5.52 Å². The fourth-order valence-electron chi connectivity index (χ4n) is 5.34. The fourth-order valence-corrected chi connectivity index (χ4v) is 7.10. The Balaban J connectivity index is 1.53. The highest BCUT2D eigenvalue weighted by Crippen LogP contribution is 2.55. The molecule has 0 bridgehead atoms. The number of nitrogens with zero attached hydrogens (tertiary/aromatic N) is 4. The van der Waals surface area contributed by atoms with E-state index in [0.29, 0.717) is 18.0 Å². The summed E-state index contributed by atoms with van der Waals surface area (Å²) < 4.78 is 26.1. The summed E-state index contributed by atoms with van der Waals surface area (Å²) in [4.78, 5) is 12.5. The number of hydrogen-bond donors (Lipinski definition) is 3. The van der Waals surface area contributed by atoms with Crippen molar-refractivity contribution >= 4 is 27.8 Å². The number of hydrogen-bond acceptors (Lipinski definition) is 6. The molecular weight excluding hydrogens is 488 g/mol. The number of fused-ring (bicyclic) bond motifs is 2. The lowest BCUT2D eigenvalue weighted by Gasteiger charge is -2.42. The second-order valence-corrected chi connectivity index (χ2v) is 11.8. The third-order valence-corrected chi connectivity index (χ3v) is 9.46. The van der Waals surface area contributed by atoms with Crippen LogP contribution in [-0.4, -0.2) is 46.0 Å². The van der Waals surface area contributed by atoms with E-state index in [0.717, 1.165) is 57.3 Å². The van der Waals surface area contributed by atoms with Gasteiger partial charge in [-0.2, -0.15) is 4.31 Å². The maximum Gasteiger partial charge on any atom is 0.304 e. The second kappa shape index (κ2) is 9.90. The van der Waals surface area contributed by atoms with Crippen LogP contribution in [0, 0.1) is 13.8 Å². The van der Waals surface area contributed by atoms with Crippen LogP contribution in [0.4, 0.5) is 0 Å². The number of carboxylic acid groups (broad SMARTS) is 1. The molecule has 0 radical (unpaired) electrons. The van der Waals surface area contributed by atoms with Gasteiger partial charge in [-0.3, -0.25) is 13.9 Å². The Hall–Kier alpha value is -3.24. The van der Waals surface area contributed by atoms with Crippen molar-refractivity contribution in [2.75, 3.05) is 6.54 Å². The Labute approximate surface area is 218 Å². The number of carbonyl (C=O) groups is 1. The molecule has 3 aromatic carbocycles. The van der Waals surface area contributed by atoms with Crippen LogP contribution in [0.2, 0.25) is 0 Å². The normalized spacial score (nSPS) is 17.2. The van der Waals surface area contributed by atoms with Crippen LogP contribution in [0.15, 0.2) is 59.5 Å². The quantitative estimate of drug-likeness (QED) is 0.301. The van der Waals surface area contributed by atoms with Gasteiger partial charge in [-0.25, -0.2) is 4.68 Å². The van der Waals surface area contributed by atoms with E-state index < -0.39 is 16.7 Å². The first-order valence-corrected chi connectivity index (χ1v) is 13.9. The minimum absolute atomic E-state index is 0.0681. The Bertz CT molecular complexity index is 1480. The van der Waals surface area contributed by atoms with Crippen molar-refractivity contribution < 1.29 is 19.0 Å². The molecule has 1 atom stereocenters. The number of aryl methyl sites for hydroxylation is 4. The number of carboxylic acids is 1. The molecule has 0 amide bonds. The predicted octanol–water partition coefficient (Wildman–Crippen LogP) is 5.66. The van der Waals surface area contributed by atoms with Crippen LogP contribution in [0.25, 0.3) is 11.0 Å². The smallest absolute Gasteiger partial charge is 0.304 e. The van der Waals surface area contributed by atoms with Crippen molar-refractivity contribution in [2.45, 2.75) is 50.5 Å². The SMILES string of the molecule is Cc1ccc(C(CC(=O)O)c2ccc3c(nnn3C)c2C)cc1CN1CCCc2ccccc2S1(O)O. The van der Waals surface area contributed by atoms with Gasteiger partial charge in [0.2, 0.25) is 0 Å². The summed E-state index contributed by atoms with van der Waals surface area (Å²) in [5.41, 5.74) is 7.30. The van der Waals surface area contributed by atoms with E-state index in [9.17, 15) is 19.0 Å². The molecule has 2 heterocycles. The zero-order valence-electron chi connectivity index (χ0n) is 21.3. The highest BCUT2D eigenvalue weighted by atomic mass is 32.3. The van der Waals surface area contributed by atoms with Crippen LogP contribution in [-0.2, 0) is 24.8 Å². The second-order valence-electron chi connectivity index (χ2n) is 9.79. The molecule has 8 nitrogen and oxygen atoms in total. The highest BCUT2D eigenvalue weighted by molar-refractivity contribution is 8.22. The molecular formula is C28H32N4O4S. The lowest BCUT2D eigenvalue weighted by atomic mass is 9.84. The average Bonchev–Trinajstić information content (AvgIpc) is 3.19. The Morgan fingerprint density at radius 3 is 2.68 bits per heavy atom. The molecule has 1 unspecified atom stereocenters. The van der Waals surface area contributed by atoms with Crippen molar-refractivity contribution in [3.63, 3.8) is 0 Å². The Morgan fingerprint density at radius 1 is 1.11 bits per heavy atom. The van der Waals surface area contributed by atoms with E-state index in [2.05, 4.69) is 10.3 Å².